The van der Waals surface area contributed by atoms with Crippen LogP contribution in [0.5, 0.6) is 0 Å². The molecule has 1 unspecified atom stereocenters. The molecule has 0 saturated carbocycles. The predicted molar refractivity (Wildman–Crippen MR) is 67.0 cm³/mol. The van der Waals surface area contributed by atoms with Gasteiger partial charge in [-0.05, 0) is 35.0 Å². The van der Waals surface area contributed by atoms with Crippen LogP contribution in [-0.4, -0.2) is 10.1 Å². The highest BCUT2D eigenvalue weighted by molar-refractivity contribution is 9.10. The van der Waals surface area contributed by atoms with Crippen LogP contribution in [0.15, 0.2) is 47.2 Å². The van der Waals surface area contributed by atoms with Gasteiger partial charge in [-0.3, -0.25) is 4.98 Å². The molecule has 0 saturated heterocycles. The first kappa shape index (κ1) is 12.2. The fourth-order valence-electron chi connectivity index (χ4n) is 1.69. The van der Waals surface area contributed by atoms with Crippen molar-refractivity contribution in [3.8, 4) is 0 Å². The molecule has 1 N–H and O–H groups in total. The first-order valence-electron chi connectivity index (χ1n) is 5.11. The third-order valence-electron chi connectivity index (χ3n) is 2.70. The molecule has 1 aromatic heterocycles. The second kappa shape index (κ2) is 4.55. The Bertz CT molecular complexity index is 528. The minimum absolute atomic E-state index is 0.222. The number of hydrogen-bond acceptors (Lipinski definition) is 2. The number of pyridine rings is 1. The highest BCUT2D eigenvalue weighted by atomic mass is 79.9. The SMILES string of the molecule is CC(O)(c1cccnc1)c1cccc(Br)c1F. The second-order valence-corrected chi connectivity index (χ2v) is 4.77. The van der Waals surface area contributed by atoms with E-state index in [-0.39, 0.29) is 5.56 Å². The van der Waals surface area contributed by atoms with Crippen molar-refractivity contribution < 1.29 is 9.50 Å². The highest BCUT2D eigenvalue weighted by Crippen LogP contribution is 2.32. The van der Waals surface area contributed by atoms with Gasteiger partial charge in [-0.2, -0.15) is 0 Å². The van der Waals surface area contributed by atoms with E-state index >= 15 is 0 Å². The zero-order chi connectivity index (χ0) is 12.5. The molecule has 0 bridgehead atoms. The molecule has 0 fully saturated rings. The first-order valence-corrected chi connectivity index (χ1v) is 5.90. The predicted octanol–water partition coefficient (Wildman–Crippen LogP) is 3.24. The molecule has 2 nitrogen and oxygen atoms in total. The lowest BCUT2D eigenvalue weighted by molar-refractivity contribution is 0.0974. The Morgan fingerprint density at radius 1 is 1.29 bits per heavy atom. The van der Waals surface area contributed by atoms with Gasteiger partial charge in [-0.25, -0.2) is 4.39 Å². The summed E-state index contributed by atoms with van der Waals surface area (Å²) in [6.45, 7) is 1.55. The number of aromatic nitrogens is 1. The smallest absolute Gasteiger partial charge is 0.143 e. The summed E-state index contributed by atoms with van der Waals surface area (Å²) in [5.74, 6) is -0.457. The maximum atomic E-state index is 14.0. The Morgan fingerprint density at radius 3 is 2.71 bits per heavy atom. The molecule has 1 aromatic carbocycles. The van der Waals surface area contributed by atoms with Crippen LogP contribution >= 0.6 is 15.9 Å². The number of hydrogen-bond donors (Lipinski definition) is 1. The molecule has 1 atom stereocenters. The summed E-state index contributed by atoms with van der Waals surface area (Å²) >= 11 is 3.11. The average molecular weight is 296 g/mol. The van der Waals surface area contributed by atoms with Crippen molar-refractivity contribution in [1.82, 2.24) is 4.98 Å². The van der Waals surface area contributed by atoms with Crippen molar-refractivity contribution in [1.29, 1.82) is 0 Å². The average Bonchev–Trinajstić information content (AvgIpc) is 2.33. The largest absolute Gasteiger partial charge is 0.381 e. The Morgan fingerprint density at radius 2 is 2.06 bits per heavy atom. The van der Waals surface area contributed by atoms with Gasteiger partial charge in [0.25, 0.3) is 0 Å². The number of benzene rings is 1. The van der Waals surface area contributed by atoms with Gasteiger partial charge < -0.3 is 5.11 Å². The molecule has 2 rings (SSSR count). The molecule has 0 aliphatic carbocycles. The van der Waals surface area contributed by atoms with E-state index in [1.165, 1.54) is 6.20 Å². The fraction of sp³-hybridized carbons (Fsp3) is 0.154. The third kappa shape index (κ3) is 2.23. The molecule has 4 heteroatoms. The molecule has 0 amide bonds. The van der Waals surface area contributed by atoms with E-state index in [0.717, 1.165) is 0 Å². The minimum Gasteiger partial charge on any atom is -0.381 e. The summed E-state index contributed by atoms with van der Waals surface area (Å²) in [5.41, 5.74) is -0.626. The van der Waals surface area contributed by atoms with E-state index in [1.54, 1.807) is 43.5 Å². The van der Waals surface area contributed by atoms with Gasteiger partial charge in [0, 0.05) is 23.5 Å². The van der Waals surface area contributed by atoms with Crippen LogP contribution in [0.4, 0.5) is 4.39 Å². The molecule has 88 valence electrons. The minimum atomic E-state index is -1.40. The van der Waals surface area contributed by atoms with E-state index in [4.69, 9.17) is 0 Å². The first-order chi connectivity index (χ1) is 8.03. The van der Waals surface area contributed by atoms with E-state index < -0.39 is 11.4 Å². The molecule has 2 aromatic rings. The molecular weight excluding hydrogens is 285 g/mol. The summed E-state index contributed by atoms with van der Waals surface area (Å²) in [6.07, 6.45) is 3.14. The normalized spacial score (nSPS) is 14.4. The molecule has 17 heavy (non-hydrogen) atoms. The van der Waals surface area contributed by atoms with Gasteiger partial charge in [-0.1, -0.05) is 18.2 Å². The maximum Gasteiger partial charge on any atom is 0.143 e. The Hall–Kier alpha value is -1.26. The molecule has 0 aliphatic heterocycles. The van der Waals surface area contributed by atoms with Gasteiger partial charge >= 0.3 is 0 Å². The van der Waals surface area contributed by atoms with Crippen molar-refractivity contribution in [2.24, 2.45) is 0 Å². The van der Waals surface area contributed by atoms with Crippen molar-refractivity contribution in [3.63, 3.8) is 0 Å². The molecule has 0 spiro atoms. The number of rotatable bonds is 2. The van der Waals surface area contributed by atoms with Crippen molar-refractivity contribution in [2.45, 2.75) is 12.5 Å². The number of aliphatic hydroxyl groups is 1. The van der Waals surface area contributed by atoms with Gasteiger partial charge in [-0.15, -0.1) is 0 Å². The van der Waals surface area contributed by atoms with E-state index in [2.05, 4.69) is 20.9 Å². The zero-order valence-corrected chi connectivity index (χ0v) is 10.8. The van der Waals surface area contributed by atoms with E-state index in [0.29, 0.717) is 10.0 Å². The summed E-state index contributed by atoms with van der Waals surface area (Å²) < 4.78 is 14.3. The topological polar surface area (TPSA) is 33.1 Å². The Labute approximate surface area is 107 Å². The molecular formula is C13H11BrFNO. The number of nitrogens with zero attached hydrogens (tertiary/aromatic N) is 1. The van der Waals surface area contributed by atoms with Crippen LogP contribution in [0.3, 0.4) is 0 Å². The second-order valence-electron chi connectivity index (χ2n) is 3.92. The number of halogens is 2. The van der Waals surface area contributed by atoms with Crippen LogP contribution in [0.1, 0.15) is 18.1 Å². The monoisotopic (exact) mass is 295 g/mol. The van der Waals surface area contributed by atoms with Gasteiger partial charge in [0.15, 0.2) is 0 Å². The van der Waals surface area contributed by atoms with Gasteiger partial charge in [0.05, 0.1) is 4.47 Å². The van der Waals surface area contributed by atoms with Gasteiger partial charge in [0.1, 0.15) is 11.4 Å². The van der Waals surface area contributed by atoms with Crippen LogP contribution < -0.4 is 0 Å². The summed E-state index contributed by atoms with van der Waals surface area (Å²) in [6, 6.07) is 8.27. The molecule has 1 heterocycles. The highest BCUT2D eigenvalue weighted by Gasteiger charge is 2.29. The van der Waals surface area contributed by atoms with E-state index in [1.807, 2.05) is 0 Å². The Balaban J connectivity index is 2.56. The quantitative estimate of drug-likeness (QED) is 0.923. The fourth-order valence-corrected chi connectivity index (χ4v) is 2.05. The lowest BCUT2D eigenvalue weighted by atomic mass is 9.89. The zero-order valence-electron chi connectivity index (χ0n) is 9.19. The van der Waals surface area contributed by atoms with Crippen molar-refractivity contribution in [3.05, 3.63) is 64.1 Å². The van der Waals surface area contributed by atoms with Crippen LogP contribution in [-0.2, 0) is 5.60 Å². The van der Waals surface area contributed by atoms with Crippen LogP contribution in [0.2, 0.25) is 0 Å². The molecule has 0 aliphatic rings. The lowest BCUT2D eigenvalue weighted by Gasteiger charge is -2.24. The van der Waals surface area contributed by atoms with Crippen LogP contribution in [0.25, 0.3) is 0 Å². The summed E-state index contributed by atoms with van der Waals surface area (Å²) in [5, 5.41) is 10.5. The summed E-state index contributed by atoms with van der Waals surface area (Å²) in [7, 11) is 0. The maximum absolute atomic E-state index is 14.0. The van der Waals surface area contributed by atoms with Gasteiger partial charge in [0.2, 0.25) is 0 Å². The third-order valence-corrected chi connectivity index (χ3v) is 3.31. The van der Waals surface area contributed by atoms with Crippen molar-refractivity contribution in [2.75, 3.05) is 0 Å². The van der Waals surface area contributed by atoms with E-state index in [9.17, 15) is 9.50 Å². The Kier molecular flexibility index (Phi) is 3.26. The lowest BCUT2D eigenvalue weighted by Crippen LogP contribution is -2.24. The van der Waals surface area contributed by atoms with Crippen molar-refractivity contribution >= 4 is 15.9 Å². The summed E-state index contributed by atoms with van der Waals surface area (Å²) in [4.78, 5) is 3.93. The van der Waals surface area contributed by atoms with Crippen LogP contribution in [0, 0.1) is 5.82 Å². The standard InChI is InChI=1S/C13H11BrFNO/c1-13(17,9-4-3-7-16-8-9)10-5-2-6-11(14)12(10)15/h2-8,17H,1H3. The molecule has 0 radical (unpaired) electrons.